The molecular formula is C21H30N4O2S2. The van der Waals surface area contributed by atoms with E-state index in [2.05, 4.69) is 45.9 Å². The maximum atomic E-state index is 13.0. The monoisotopic (exact) mass is 434 g/mol. The lowest BCUT2D eigenvalue weighted by molar-refractivity contribution is -0.126. The van der Waals surface area contributed by atoms with Crippen LogP contribution < -0.4 is 5.06 Å². The highest BCUT2D eigenvalue weighted by molar-refractivity contribution is 7.99. The lowest BCUT2D eigenvalue weighted by atomic mass is 10.2. The van der Waals surface area contributed by atoms with E-state index in [1.165, 1.54) is 10.8 Å². The zero-order valence-electron chi connectivity index (χ0n) is 18.1. The summed E-state index contributed by atoms with van der Waals surface area (Å²) in [5, 5.41) is 4.11. The summed E-state index contributed by atoms with van der Waals surface area (Å²) in [4.78, 5) is 25.8. The number of carbonyl (C=O) groups excluding carboxylic acids is 1. The van der Waals surface area contributed by atoms with E-state index in [1.807, 2.05) is 11.1 Å². The van der Waals surface area contributed by atoms with E-state index in [1.54, 1.807) is 30.1 Å². The van der Waals surface area contributed by atoms with Gasteiger partial charge in [-0.2, -0.15) is 5.06 Å². The normalized spacial score (nSPS) is 14.1. The van der Waals surface area contributed by atoms with Crippen LogP contribution in [0.4, 0.5) is 5.00 Å². The molecule has 8 heteroatoms. The molecule has 1 aliphatic heterocycles. The maximum Gasteiger partial charge on any atom is 0.283 e. The SMILES string of the molecule is C=Cc1nc(Cc2sc3c(c2SCC)C(=O)N(C)ON3CC(C)C)n(C)c1CC. The van der Waals surface area contributed by atoms with Gasteiger partial charge in [0.2, 0.25) is 0 Å². The molecule has 0 spiro atoms. The van der Waals surface area contributed by atoms with Crippen LogP contribution in [0.25, 0.3) is 6.08 Å². The first-order valence-corrected chi connectivity index (χ1v) is 11.8. The first-order chi connectivity index (χ1) is 13.8. The van der Waals surface area contributed by atoms with E-state index < -0.39 is 0 Å². The van der Waals surface area contributed by atoms with Crippen LogP contribution >= 0.6 is 23.1 Å². The van der Waals surface area contributed by atoms with Crippen molar-refractivity contribution in [3.8, 4) is 0 Å². The molecule has 0 atom stereocenters. The van der Waals surface area contributed by atoms with Crippen molar-refractivity contribution in [2.75, 3.05) is 24.4 Å². The van der Waals surface area contributed by atoms with Crippen LogP contribution in [-0.4, -0.2) is 39.9 Å². The second-order valence-electron chi connectivity index (χ2n) is 7.46. The Kier molecular flexibility index (Phi) is 6.76. The molecule has 0 N–H and O–H groups in total. The molecule has 29 heavy (non-hydrogen) atoms. The van der Waals surface area contributed by atoms with Crippen LogP contribution in [0, 0.1) is 5.92 Å². The Morgan fingerprint density at radius 1 is 1.31 bits per heavy atom. The molecule has 2 aromatic heterocycles. The number of amides is 1. The second-order valence-corrected chi connectivity index (χ2v) is 9.82. The van der Waals surface area contributed by atoms with Crippen molar-refractivity contribution in [1.82, 2.24) is 14.6 Å². The third kappa shape index (κ3) is 4.11. The van der Waals surface area contributed by atoms with Crippen LogP contribution in [0.1, 0.15) is 60.1 Å². The highest BCUT2D eigenvalue weighted by Crippen LogP contribution is 2.45. The number of hydrogen-bond acceptors (Lipinski definition) is 6. The maximum absolute atomic E-state index is 13.0. The van der Waals surface area contributed by atoms with E-state index in [4.69, 9.17) is 9.92 Å². The number of fused-ring (bicyclic) bond motifs is 1. The summed E-state index contributed by atoms with van der Waals surface area (Å²) in [5.74, 6) is 2.22. The van der Waals surface area contributed by atoms with Crippen molar-refractivity contribution in [2.24, 2.45) is 13.0 Å². The molecule has 0 saturated carbocycles. The summed E-state index contributed by atoms with van der Waals surface area (Å²) >= 11 is 3.37. The van der Waals surface area contributed by atoms with Crippen molar-refractivity contribution in [2.45, 2.75) is 45.4 Å². The highest BCUT2D eigenvalue weighted by atomic mass is 32.2. The Morgan fingerprint density at radius 2 is 2.03 bits per heavy atom. The Bertz CT molecular complexity index is 916. The summed E-state index contributed by atoms with van der Waals surface area (Å²) in [6.45, 7) is 13.2. The summed E-state index contributed by atoms with van der Waals surface area (Å²) in [7, 11) is 3.74. The number of anilines is 1. The number of rotatable bonds is 8. The van der Waals surface area contributed by atoms with Crippen molar-refractivity contribution in [1.29, 1.82) is 0 Å². The number of carbonyl (C=O) groups is 1. The van der Waals surface area contributed by atoms with E-state index in [0.717, 1.165) is 50.6 Å². The van der Waals surface area contributed by atoms with Gasteiger partial charge in [0.25, 0.3) is 5.91 Å². The smallest absolute Gasteiger partial charge is 0.283 e. The number of hydrogen-bond donors (Lipinski definition) is 0. The minimum atomic E-state index is -0.0840. The van der Waals surface area contributed by atoms with E-state index in [9.17, 15) is 4.79 Å². The lowest BCUT2D eigenvalue weighted by Crippen LogP contribution is -2.43. The average Bonchev–Trinajstić information content (AvgIpc) is 3.18. The number of aromatic nitrogens is 2. The van der Waals surface area contributed by atoms with Crippen LogP contribution in [-0.2, 0) is 24.8 Å². The van der Waals surface area contributed by atoms with E-state index in [-0.39, 0.29) is 5.91 Å². The van der Waals surface area contributed by atoms with Gasteiger partial charge in [-0.05, 0) is 24.2 Å². The molecule has 0 aliphatic carbocycles. The lowest BCUT2D eigenvalue weighted by Gasteiger charge is -2.33. The van der Waals surface area contributed by atoms with Crippen molar-refractivity contribution >= 4 is 40.1 Å². The number of nitrogens with zero attached hydrogens (tertiary/aromatic N) is 4. The van der Waals surface area contributed by atoms with Gasteiger partial charge in [-0.3, -0.25) is 4.79 Å². The van der Waals surface area contributed by atoms with Gasteiger partial charge < -0.3 is 4.57 Å². The number of thioether (sulfide) groups is 1. The third-order valence-electron chi connectivity index (χ3n) is 4.87. The molecule has 158 valence electrons. The topological polar surface area (TPSA) is 50.6 Å². The van der Waals surface area contributed by atoms with Gasteiger partial charge in [-0.25, -0.2) is 10.0 Å². The van der Waals surface area contributed by atoms with Gasteiger partial charge in [0.1, 0.15) is 10.8 Å². The van der Waals surface area contributed by atoms with Gasteiger partial charge in [0.05, 0.1) is 17.8 Å². The molecule has 0 radical (unpaired) electrons. The molecule has 0 bridgehead atoms. The van der Waals surface area contributed by atoms with Crippen LogP contribution in [0.2, 0.25) is 0 Å². The Balaban J connectivity index is 2.09. The van der Waals surface area contributed by atoms with Crippen molar-refractivity contribution in [3.63, 3.8) is 0 Å². The molecule has 2 aromatic rings. The minimum absolute atomic E-state index is 0.0840. The number of hydroxylamine groups is 3. The molecule has 6 nitrogen and oxygen atoms in total. The second kappa shape index (κ2) is 8.93. The molecule has 0 saturated heterocycles. The first-order valence-electron chi connectivity index (χ1n) is 10.0. The summed E-state index contributed by atoms with van der Waals surface area (Å²) in [6, 6.07) is 0. The number of imidazole rings is 1. The summed E-state index contributed by atoms with van der Waals surface area (Å²) in [5.41, 5.74) is 2.89. The highest BCUT2D eigenvalue weighted by Gasteiger charge is 2.36. The molecule has 0 fully saturated rings. The quantitative estimate of drug-likeness (QED) is 0.560. The standard InChI is InChI=1S/C21H30N4O2S2/c1-8-14-15(9-2)23(6)17(22-14)11-16-19(28-10-3)18-20(26)24(7)27-25(12-13(4)5)21(18)29-16/h8,13H,1,9-12H2,2-7H3. The minimum Gasteiger partial charge on any atom is -0.334 e. The predicted molar refractivity (Wildman–Crippen MR) is 122 cm³/mol. The van der Waals surface area contributed by atoms with E-state index >= 15 is 0 Å². The zero-order chi connectivity index (χ0) is 21.3. The predicted octanol–water partition coefficient (Wildman–Crippen LogP) is 4.78. The molecule has 3 heterocycles. The first kappa shape index (κ1) is 21.9. The fourth-order valence-electron chi connectivity index (χ4n) is 3.55. The fourth-order valence-corrected chi connectivity index (χ4v) is 5.89. The molecule has 1 amide bonds. The molecule has 3 rings (SSSR count). The van der Waals surface area contributed by atoms with Gasteiger partial charge in [-0.15, -0.1) is 28.0 Å². The molecule has 1 aliphatic rings. The Morgan fingerprint density at radius 3 is 2.59 bits per heavy atom. The molecule has 0 aromatic carbocycles. The van der Waals surface area contributed by atoms with Gasteiger partial charge in [-0.1, -0.05) is 34.3 Å². The summed E-state index contributed by atoms with van der Waals surface area (Å²) < 4.78 is 2.16. The van der Waals surface area contributed by atoms with Gasteiger partial charge >= 0.3 is 0 Å². The molecular weight excluding hydrogens is 404 g/mol. The fraction of sp³-hybridized carbons (Fsp3) is 0.524. The largest absolute Gasteiger partial charge is 0.334 e. The summed E-state index contributed by atoms with van der Waals surface area (Å²) in [6.07, 6.45) is 3.41. The van der Waals surface area contributed by atoms with Crippen molar-refractivity contribution < 1.29 is 9.73 Å². The van der Waals surface area contributed by atoms with Crippen LogP contribution in [0.15, 0.2) is 11.5 Å². The average molecular weight is 435 g/mol. The van der Waals surface area contributed by atoms with Gasteiger partial charge in [0.15, 0.2) is 0 Å². The van der Waals surface area contributed by atoms with Crippen LogP contribution in [0.5, 0.6) is 0 Å². The molecule has 0 unspecified atom stereocenters. The Hall–Kier alpha value is -1.77. The third-order valence-corrected chi connectivity index (χ3v) is 7.22. The Labute approximate surface area is 181 Å². The number of thiophene rings is 1. The van der Waals surface area contributed by atoms with E-state index in [0.29, 0.717) is 12.3 Å². The van der Waals surface area contributed by atoms with Crippen LogP contribution in [0.3, 0.4) is 0 Å². The van der Waals surface area contributed by atoms with Crippen molar-refractivity contribution in [3.05, 3.63) is 34.2 Å². The van der Waals surface area contributed by atoms with Gasteiger partial charge in [0, 0.05) is 36.0 Å². The zero-order valence-corrected chi connectivity index (χ0v) is 19.7.